The molecule has 0 radical (unpaired) electrons. The van der Waals surface area contributed by atoms with Crippen molar-refractivity contribution < 1.29 is 13.7 Å². The quantitative estimate of drug-likeness (QED) is 0.424. The maximum Gasteiger partial charge on any atom is 0.275 e. The molecule has 0 saturated heterocycles. The Balaban J connectivity index is 2.69. The molecule has 1 N–H and O–H groups in total. The summed E-state index contributed by atoms with van der Waals surface area (Å²) in [6, 6.07) is 4.28. The van der Waals surface area contributed by atoms with Crippen molar-refractivity contribution in [2.75, 3.05) is 5.32 Å². The zero-order chi connectivity index (χ0) is 18.9. The number of hydrogen-bond donors (Lipinski definition) is 1. The second-order valence-corrected chi connectivity index (χ2v) is 5.59. The third-order valence-electron chi connectivity index (χ3n) is 3.03. The lowest BCUT2D eigenvalue weighted by Gasteiger charge is -2.15. The van der Waals surface area contributed by atoms with E-state index in [1.54, 1.807) is 12.1 Å². The average Bonchev–Trinajstić information content (AvgIpc) is 2.55. The average molecular weight is 404 g/mol. The Kier molecular flexibility index (Phi) is 5.29. The lowest BCUT2D eigenvalue weighted by molar-refractivity contribution is -0.385. The van der Waals surface area contributed by atoms with Gasteiger partial charge in [-0.3, -0.25) is 10.1 Å². The normalized spacial score (nSPS) is 10.0. The van der Waals surface area contributed by atoms with E-state index >= 15 is 0 Å². The van der Waals surface area contributed by atoms with E-state index in [4.69, 9.17) is 40.1 Å². The molecule has 2 rings (SSSR count). The monoisotopic (exact) mass is 402 g/mol. The molecule has 0 aliphatic heterocycles. The topological polar surface area (TPSA) is 103 Å². The molecular formula is C14H3Cl3F2N4O2. The number of nitro benzene ring substituents is 1. The largest absolute Gasteiger partial charge is 0.348 e. The van der Waals surface area contributed by atoms with Crippen LogP contribution in [0.1, 0.15) is 11.1 Å². The number of nitro groups is 1. The minimum atomic E-state index is -1.30. The molecule has 0 aromatic heterocycles. The van der Waals surface area contributed by atoms with E-state index in [2.05, 4.69) is 5.32 Å². The number of halogens is 5. The van der Waals surface area contributed by atoms with Crippen LogP contribution in [0.3, 0.4) is 0 Å². The Labute approximate surface area is 153 Å². The highest BCUT2D eigenvalue weighted by molar-refractivity contribution is 6.46. The van der Waals surface area contributed by atoms with Gasteiger partial charge in [-0.1, -0.05) is 34.8 Å². The van der Waals surface area contributed by atoms with Crippen LogP contribution in [0.4, 0.5) is 25.8 Å². The van der Waals surface area contributed by atoms with E-state index in [1.807, 2.05) is 0 Å². The molecule has 0 bridgehead atoms. The molecule has 0 aliphatic rings. The Hall–Kier alpha value is -2.65. The Morgan fingerprint density at radius 2 is 1.48 bits per heavy atom. The molecule has 0 fully saturated rings. The fourth-order valence-corrected chi connectivity index (χ4v) is 2.68. The van der Waals surface area contributed by atoms with E-state index in [1.165, 1.54) is 0 Å². The number of non-ortho nitro benzene ring substituents is 1. The van der Waals surface area contributed by atoms with E-state index in [9.17, 15) is 24.2 Å². The second-order valence-electron chi connectivity index (χ2n) is 4.46. The molecule has 6 nitrogen and oxygen atoms in total. The maximum atomic E-state index is 14.0. The van der Waals surface area contributed by atoms with Crippen LogP contribution in [0.15, 0.2) is 12.1 Å². The third kappa shape index (κ3) is 3.28. The van der Waals surface area contributed by atoms with Gasteiger partial charge in [0.25, 0.3) is 5.69 Å². The first-order chi connectivity index (χ1) is 11.7. The smallest absolute Gasteiger partial charge is 0.275 e. The molecule has 2 aromatic rings. The van der Waals surface area contributed by atoms with Gasteiger partial charge in [0.15, 0.2) is 11.6 Å². The highest BCUT2D eigenvalue weighted by atomic mass is 35.5. The third-order valence-corrected chi connectivity index (χ3v) is 4.26. The van der Waals surface area contributed by atoms with Crippen molar-refractivity contribution in [2.45, 2.75) is 0 Å². The summed E-state index contributed by atoms with van der Waals surface area (Å²) in [5.74, 6) is -2.61. The fraction of sp³-hybridized carbons (Fsp3) is 0. The number of hydrogen-bond acceptors (Lipinski definition) is 5. The lowest BCUT2D eigenvalue weighted by Crippen LogP contribution is -2.03. The SMILES string of the molecule is N#Cc1c(Cl)c(Cl)c(Nc2c(F)cc([N+](=O)[O-])cc2F)c(C#N)c1Cl. The molecule has 2 aromatic carbocycles. The van der Waals surface area contributed by atoms with Crippen LogP contribution in [-0.4, -0.2) is 4.92 Å². The van der Waals surface area contributed by atoms with Crippen LogP contribution in [0, 0.1) is 44.4 Å². The van der Waals surface area contributed by atoms with Crippen molar-refractivity contribution in [1.82, 2.24) is 0 Å². The van der Waals surface area contributed by atoms with Crippen molar-refractivity contribution >= 4 is 51.9 Å². The molecule has 0 atom stereocenters. The summed E-state index contributed by atoms with van der Waals surface area (Å²) in [5.41, 5.74) is -2.60. The first-order valence-electron chi connectivity index (χ1n) is 6.14. The van der Waals surface area contributed by atoms with Gasteiger partial charge in [0.1, 0.15) is 17.8 Å². The van der Waals surface area contributed by atoms with E-state index in [0.717, 1.165) is 0 Å². The predicted molar refractivity (Wildman–Crippen MR) is 87.2 cm³/mol. The summed E-state index contributed by atoms with van der Waals surface area (Å²) < 4.78 is 28.0. The van der Waals surface area contributed by atoms with Crippen molar-refractivity contribution in [2.24, 2.45) is 0 Å². The number of nitrogens with zero attached hydrogens (tertiary/aromatic N) is 3. The number of nitrogens with one attached hydrogen (secondary N) is 1. The number of anilines is 2. The lowest BCUT2D eigenvalue weighted by atomic mass is 10.1. The first-order valence-corrected chi connectivity index (χ1v) is 7.27. The molecular weight excluding hydrogens is 401 g/mol. The van der Waals surface area contributed by atoms with Crippen LogP contribution < -0.4 is 5.32 Å². The summed E-state index contributed by atoms with van der Waals surface area (Å²) >= 11 is 17.7. The van der Waals surface area contributed by atoms with E-state index < -0.39 is 27.9 Å². The van der Waals surface area contributed by atoms with Gasteiger partial charge in [0.05, 0.1) is 48.9 Å². The van der Waals surface area contributed by atoms with Crippen molar-refractivity contribution in [3.05, 3.63) is 60.1 Å². The molecule has 0 spiro atoms. The molecule has 0 unspecified atom stereocenters. The van der Waals surface area contributed by atoms with Crippen molar-refractivity contribution in [3.8, 4) is 12.1 Å². The molecule has 0 aliphatic carbocycles. The summed E-state index contributed by atoms with van der Waals surface area (Å²) in [6.45, 7) is 0. The predicted octanol–water partition coefficient (Wildman–Crippen LogP) is 5.32. The van der Waals surface area contributed by atoms with Crippen molar-refractivity contribution in [1.29, 1.82) is 10.5 Å². The Bertz CT molecular complexity index is 976. The molecule has 0 heterocycles. The summed E-state index contributed by atoms with van der Waals surface area (Å²) in [4.78, 5) is 9.64. The molecule has 0 amide bonds. The van der Waals surface area contributed by atoms with Gasteiger partial charge in [-0.2, -0.15) is 10.5 Å². The minimum Gasteiger partial charge on any atom is -0.348 e. The molecule has 25 heavy (non-hydrogen) atoms. The van der Waals surface area contributed by atoms with Crippen LogP contribution >= 0.6 is 34.8 Å². The fourth-order valence-electron chi connectivity index (χ4n) is 1.89. The van der Waals surface area contributed by atoms with Gasteiger partial charge < -0.3 is 5.32 Å². The van der Waals surface area contributed by atoms with Gasteiger partial charge in [0, 0.05) is 0 Å². The minimum absolute atomic E-state index is 0.278. The maximum absolute atomic E-state index is 14.0. The van der Waals surface area contributed by atoms with Crippen LogP contribution in [0.5, 0.6) is 0 Å². The van der Waals surface area contributed by atoms with Crippen LogP contribution in [0.2, 0.25) is 15.1 Å². The standard InChI is InChI=1S/C14H3Cl3F2N4O2/c15-10-6(3-20)11(16)12(17)13(7(10)4-21)22-14-8(18)1-5(23(24)25)2-9(14)19/h1-2,22H. The Morgan fingerprint density at radius 1 is 0.960 bits per heavy atom. The van der Waals surface area contributed by atoms with Gasteiger partial charge >= 0.3 is 0 Å². The summed E-state index contributed by atoms with van der Waals surface area (Å²) in [5, 5.41) is 30.0. The zero-order valence-electron chi connectivity index (χ0n) is 11.7. The van der Waals surface area contributed by atoms with Crippen LogP contribution in [-0.2, 0) is 0 Å². The van der Waals surface area contributed by atoms with E-state index in [-0.39, 0.29) is 31.9 Å². The first kappa shape index (κ1) is 18.7. The molecule has 11 heteroatoms. The van der Waals surface area contributed by atoms with Gasteiger partial charge in [-0.25, -0.2) is 8.78 Å². The summed E-state index contributed by atoms with van der Waals surface area (Å²) in [6.07, 6.45) is 0. The van der Waals surface area contributed by atoms with E-state index in [0.29, 0.717) is 12.1 Å². The highest BCUT2D eigenvalue weighted by Crippen LogP contribution is 2.43. The second kappa shape index (κ2) is 7.08. The number of nitriles is 2. The summed E-state index contributed by atoms with van der Waals surface area (Å²) in [7, 11) is 0. The van der Waals surface area contributed by atoms with Gasteiger partial charge in [-0.15, -0.1) is 0 Å². The highest BCUT2D eigenvalue weighted by Gasteiger charge is 2.24. The van der Waals surface area contributed by atoms with Crippen molar-refractivity contribution in [3.63, 3.8) is 0 Å². The van der Waals surface area contributed by atoms with Gasteiger partial charge in [0.2, 0.25) is 0 Å². The Morgan fingerprint density at radius 3 is 1.92 bits per heavy atom. The van der Waals surface area contributed by atoms with Crippen LogP contribution in [0.25, 0.3) is 0 Å². The molecule has 0 saturated carbocycles. The molecule has 126 valence electrons. The zero-order valence-corrected chi connectivity index (χ0v) is 14.0. The number of benzene rings is 2. The van der Waals surface area contributed by atoms with Gasteiger partial charge in [-0.05, 0) is 0 Å². The number of rotatable bonds is 3.